The van der Waals surface area contributed by atoms with Crippen LogP contribution in [0.3, 0.4) is 0 Å². The first-order valence-corrected chi connectivity index (χ1v) is 7.77. The first-order chi connectivity index (χ1) is 10.0. The normalized spacial score (nSPS) is 18.5. The van der Waals surface area contributed by atoms with E-state index in [-0.39, 0.29) is 11.9 Å². The maximum absolute atomic E-state index is 12.0. The minimum Gasteiger partial charge on any atom is -0.378 e. The summed E-state index contributed by atoms with van der Waals surface area (Å²) >= 11 is 0. The van der Waals surface area contributed by atoms with Crippen LogP contribution in [0.15, 0.2) is 36.4 Å². The SMILES string of the molecule is C[C@H](Cc1ccc(N(C)C)cc1)NC(=O)C[C@H]1C=CCC1. The van der Waals surface area contributed by atoms with Crippen LogP contribution >= 0.6 is 0 Å². The Morgan fingerprint density at radius 2 is 2.05 bits per heavy atom. The molecule has 0 radical (unpaired) electrons. The van der Waals surface area contributed by atoms with Crippen molar-refractivity contribution in [2.24, 2.45) is 5.92 Å². The number of anilines is 1. The Balaban J connectivity index is 1.79. The molecule has 0 bridgehead atoms. The second-order valence-corrected chi connectivity index (χ2v) is 6.20. The molecular formula is C18H26N2O. The van der Waals surface area contributed by atoms with E-state index in [0.29, 0.717) is 12.3 Å². The van der Waals surface area contributed by atoms with E-state index in [1.165, 1.54) is 11.3 Å². The number of nitrogens with zero attached hydrogens (tertiary/aromatic N) is 1. The van der Waals surface area contributed by atoms with Gasteiger partial charge in [-0.05, 0) is 49.8 Å². The quantitative estimate of drug-likeness (QED) is 0.815. The van der Waals surface area contributed by atoms with E-state index >= 15 is 0 Å². The van der Waals surface area contributed by atoms with E-state index in [4.69, 9.17) is 0 Å². The standard InChI is InChI=1S/C18H26N2O/c1-14(19-18(21)13-15-6-4-5-7-15)12-16-8-10-17(11-9-16)20(2)3/h4,6,8-11,14-15H,5,7,12-13H2,1-3H3,(H,19,21)/t14-,15+/m1/s1. The average Bonchev–Trinajstić information content (AvgIpc) is 2.91. The van der Waals surface area contributed by atoms with E-state index in [2.05, 4.69) is 53.6 Å². The van der Waals surface area contributed by atoms with Gasteiger partial charge in [-0.3, -0.25) is 4.79 Å². The third-order valence-electron chi connectivity index (χ3n) is 3.96. The molecule has 0 saturated carbocycles. The van der Waals surface area contributed by atoms with Crippen molar-refractivity contribution in [2.75, 3.05) is 19.0 Å². The van der Waals surface area contributed by atoms with Gasteiger partial charge in [-0.25, -0.2) is 0 Å². The van der Waals surface area contributed by atoms with Crippen LogP contribution in [0.4, 0.5) is 5.69 Å². The highest BCUT2D eigenvalue weighted by Gasteiger charge is 2.15. The number of rotatable bonds is 6. The van der Waals surface area contributed by atoms with Crippen LogP contribution in [0.25, 0.3) is 0 Å². The van der Waals surface area contributed by atoms with Crippen LogP contribution in [0.5, 0.6) is 0 Å². The molecular weight excluding hydrogens is 260 g/mol. The Hall–Kier alpha value is -1.77. The monoisotopic (exact) mass is 286 g/mol. The minimum atomic E-state index is 0.170. The van der Waals surface area contributed by atoms with E-state index < -0.39 is 0 Å². The molecule has 0 aliphatic heterocycles. The molecule has 0 spiro atoms. The zero-order valence-electron chi connectivity index (χ0n) is 13.3. The summed E-state index contributed by atoms with van der Waals surface area (Å²) in [5.74, 6) is 0.612. The molecule has 1 aromatic rings. The lowest BCUT2D eigenvalue weighted by atomic mass is 10.0. The van der Waals surface area contributed by atoms with E-state index in [1.807, 2.05) is 14.1 Å². The van der Waals surface area contributed by atoms with Crippen molar-refractivity contribution in [3.05, 3.63) is 42.0 Å². The molecule has 0 fully saturated rings. The molecule has 1 amide bonds. The fourth-order valence-electron chi connectivity index (χ4n) is 2.77. The molecule has 3 heteroatoms. The van der Waals surface area contributed by atoms with Crippen LogP contribution in [0, 0.1) is 5.92 Å². The van der Waals surface area contributed by atoms with Crippen LogP contribution in [0.2, 0.25) is 0 Å². The largest absolute Gasteiger partial charge is 0.378 e. The van der Waals surface area contributed by atoms with Gasteiger partial charge in [0, 0.05) is 32.2 Å². The van der Waals surface area contributed by atoms with Crippen molar-refractivity contribution in [3.8, 4) is 0 Å². The van der Waals surface area contributed by atoms with Gasteiger partial charge < -0.3 is 10.2 Å². The maximum atomic E-state index is 12.0. The molecule has 21 heavy (non-hydrogen) atoms. The summed E-state index contributed by atoms with van der Waals surface area (Å²) in [4.78, 5) is 14.1. The number of benzene rings is 1. The van der Waals surface area contributed by atoms with Crippen LogP contribution < -0.4 is 10.2 Å². The average molecular weight is 286 g/mol. The van der Waals surface area contributed by atoms with Crippen molar-refractivity contribution in [1.82, 2.24) is 5.32 Å². The summed E-state index contributed by atoms with van der Waals surface area (Å²) in [6.45, 7) is 2.07. The Morgan fingerprint density at radius 3 is 2.62 bits per heavy atom. The Kier molecular flexibility index (Phi) is 5.43. The number of hydrogen-bond acceptors (Lipinski definition) is 2. The first-order valence-electron chi connectivity index (χ1n) is 7.77. The topological polar surface area (TPSA) is 32.3 Å². The summed E-state index contributed by atoms with van der Waals surface area (Å²) < 4.78 is 0. The highest BCUT2D eigenvalue weighted by molar-refractivity contribution is 5.76. The first kappa shape index (κ1) is 15.6. The Bertz CT molecular complexity index is 490. The van der Waals surface area contributed by atoms with Crippen molar-refractivity contribution in [1.29, 1.82) is 0 Å². The van der Waals surface area contributed by atoms with Gasteiger partial charge in [0.15, 0.2) is 0 Å². The van der Waals surface area contributed by atoms with Gasteiger partial charge in [0.2, 0.25) is 5.91 Å². The van der Waals surface area contributed by atoms with Crippen LogP contribution in [0.1, 0.15) is 31.7 Å². The van der Waals surface area contributed by atoms with Crippen LogP contribution in [-0.4, -0.2) is 26.0 Å². The van der Waals surface area contributed by atoms with E-state index in [1.54, 1.807) is 0 Å². The zero-order chi connectivity index (χ0) is 15.2. The second kappa shape index (κ2) is 7.30. The molecule has 1 aromatic carbocycles. The Morgan fingerprint density at radius 1 is 1.33 bits per heavy atom. The van der Waals surface area contributed by atoms with Gasteiger partial charge >= 0.3 is 0 Å². The number of hydrogen-bond donors (Lipinski definition) is 1. The molecule has 2 atom stereocenters. The van der Waals surface area contributed by atoms with Gasteiger partial charge in [0.25, 0.3) is 0 Å². The van der Waals surface area contributed by atoms with Gasteiger partial charge in [0.05, 0.1) is 0 Å². The number of allylic oxidation sites excluding steroid dienone is 2. The molecule has 3 nitrogen and oxygen atoms in total. The minimum absolute atomic E-state index is 0.170. The summed E-state index contributed by atoms with van der Waals surface area (Å²) in [5.41, 5.74) is 2.46. The molecule has 1 N–H and O–H groups in total. The third kappa shape index (κ3) is 4.92. The van der Waals surface area contributed by atoms with E-state index in [9.17, 15) is 4.79 Å². The summed E-state index contributed by atoms with van der Waals surface area (Å²) in [6, 6.07) is 8.68. The zero-order valence-corrected chi connectivity index (χ0v) is 13.3. The second-order valence-electron chi connectivity index (χ2n) is 6.20. The van der Waals surface area contributed by atoms with Gasteiger partial charge in [-0.2, -0.15) is 0 Å². The summed E-state index contributed by atoms with van der Waals surface area (Å²) in [6.07, 6.45) is 8.08. The highest BCUT2D eigenvalue weighted by atomic mass is 16.1. The van der Waals surface area contributed by atoms with Crippen molar-refractivity contribution in [2.45, 2.75) is 38.6 Å². The molecule has 0 saturated heterocycles. The van der Waals surface area contributed by atoms with Gasteiger partial charge in [0.1, 0.15) is 0 Å². The third-order valence-corrected chi connectivity index (χ3v) is 3.96. The molecule has 2 rings (SSSR count). The molecule has 0 aromatic heterocycles. The maximum Gasteiger partial charge on any atom is 0.220 e. The summed E-state index contributed by atoms with van der Waals surface area (Å²) in [7, 11) is 4.07. The molecule has 1 aliphatic carbocycles. The van der Waals surface area contributed by atoms with Gasteiger partial charge in [-0.15, -0.1) is 0 Å². The molecule has 114 valence electrons. The van der Waals surface area contributed by atoms with Crippen molar-refractivity contribution >= 4 is 11.6 Å². The lowest BCUT2D eigenvalue weighted by Crippen LogP contribution is -2.34. The molecule has 1 aliphatic rings. The number of carbonyl (C=O) groups is 1. The van der Waals surface area contributed by atoms with Crippen molar-refractivity contribution in [3.63, 3.8) is 0 Å². The number of nitrogens with one attached hydrogen (secondary N) is 1. The lowest BCUT2D eigenvalue weighted by Gasteiger charge is -2.17. The summed E-state index contributed by atoms with van der Waals surface area (Å²) in [5, 5.41) is 3.11. The number of carbonyl (C=O) groups excluding carboxylic acids is 1. The fourth-order valence-corrected chi connectivity index (χ4v) is 2.77. The van der Waals surface area contributed by atoms with E-state index in [0.717, 1.165) is 19.3 Å². The van der Waals surface area contributed by atoms with Gasteiger partial charge in [-0.1, -0.05) is 24.3 Å². The Labute approximate surface area is 128 Å². The highest BCUT2D eigenvalue weighted by Crippen LogP contribution is 2.20. The predicted octanol–water partition coefficient (Wildman–Crippen LogP) is 3.16. The molecule has 0 heterocycles. The predicted molar refractivity (Wildman–Crippen MR) is 88.6 cm³/mol. The fraction of sp³-hybridized carbons (Fsp3) is 0.500. The molecule has 0 unspecified atom stereocenters. The smallest absolute Gasteiger partial charge is 0.220 e. The lowest BCUT2D eigenvalue weighted by molar-refractivity contribution is -0.122. The van der Waals surface area contributed by atoms with Crippen LogP contribution in [-0.2, 0) is 11.2 Å². The van der Waals surface area contributed by atoms with Crippen molar-refractivity contribution < 1.29 is 4.79 Å². The number of amides is 1.